The van der Waals surface area contributed by atoms with E-state index < -0.39 is 0 Å². The van der Waals surface area contributed by atoms with Crippen molar-refractivity contribution in [1.29, 1.82) is 0 Å². The summed E-state index contributed by atoms with van der Waals surface area (Å²) in [5.41, 5.74) is 1.51. The van der Waals surface area contributed by atoms with Crippen molar-refractivity contribution < 1.29 is 9.59 Å². The molecule has 0 aliphatic heterocycles. The number of Topliss-reactive ketones (excluding diaryl/α,β-unsaturated/α-hetero) is 1. The Kier molecular flexibility index (Phi) is 13.1. The summed E-state index contributed by atoms with van der Waals surface area (Å²) in [4.78, 5) is 24.5. The van der Waals surface area contributed by atoms with Crippen LogP contribution in [-0.2, 0) is 9.59 Å². The number of carbonyl (C=O) groups excluding carboxylic acids is 2. The molecule has 2 nitrogen and oxygen atoms in total. The molecule has 0 fully saturated rings. The van der Waals surface area contributed by atoms with Crippen LogP contribution >= 0.6 is 0 Å². The topological polar surface area (TPSA) is 34.1 Å². The fourth-order valence-corrected chi connectivity index (χ4v) is 3.64. The zero-order valence-electron chi connectivity index (χ0n) is 17.3. The average Bonchev–Trinajstić information content (AvgIpc) is 2.63. The van der Waals surface area contributed by atoms with Crippen molar-refractivity contribution in [2.24, 2.45) is 0 Å². The lowest BCUT2D eigenvalue weighted by molar-refractivity contribution is -0.115. The number of allylic oxidation sites excluding steroid dienone is 4. The van der Waals surface area contributed by atoms with E-state index in [1.54, 1.807) is 12.2 Å². The lowest BCUT2D eigenvalue weighted by Gasteiger charge is -2.14. The van der Waals surface area contributed by atoms with E-state index in [9.17, 15) is 9.59 Å². The minimum Gasteiger partial charge on any atom is -0.290 e. The second kappa shape index (κ2) is 14.9. The van der Waals surface area contributed by atoms with Crippen LogP contribution in [0.25, 0.3) is 0 Å². The Morgan fingerprint density at radius 1 is 0.538 bits per heavy atom. The highest BCUT2D eigenvalue weighted by Gasteiger charge is 2.20. The van der Waals surface area contributed by atoms with Crippen molar-refractivity contribution in [3.8, 4) is 0 Å². The molecule has 0 saturated heterocycles. The molecule has 0 saturated carbocycles. The second-order valence-corrected chi connectivity index (χ2v) is 7.81. The van der Waals surface area contributed by atoms with Gasteiger partial charge in [-0.3, -0.25) is 9.59 Å². The molecule has 0 aromatic carbocycles. The first kappa shape index (κ1) is 22.9. The number of ketones is 2. The van der Waals surface area contributed by atoms with Gasteiger partial charge >= 0.3 is 0 Å². The zero-order valence-corrected chi connectivity index (χ0v) is 17.3. The van der Waals surface area contributed by atoms with Gasteiger partial charge in [-0.25, -0.2) is 0 Å². The molecule has 0 amide bonds. The molecule has 0 heterocycles. The Balaban J connectivity index is 2.23. The first-order chi connectivity index (χ1) is 12.7. The number of unbranched alkanes of at least 4 members (excludes halogenated alkanes) is 12. The van der Waals surface area contributed by atoms with Gasteiger partial charge in [0.2, 0.25) is 0 Å². The third-order valence-electron chi connectivity index (χ3n) is 5.32. The fraction of sp³-hybridized carbons (Fsp3) is 0.750. The van der Waals surface area contributed by atoms with Gasteiger partial charge in [0.25, 0.3) is 0 Å². The normalized spacial score (nSPS) is 14.5. The molecule has 148 valence electrons. The Labute approximate surface area is 161 Å². The Morgan fingerprint density at radius 3 is 1.27 bits per heavy atom. The fourth-order valence-electron chi connectivity index (χ4n) is 3.64. The van der Waals surface area contributed by atoms with Crippen LogP contribution in [0.4, 0.5) is 0 Å². The summed E-state index contributed by atoms with van der Waals surface area (Å²) in [6.45, 7) is 4.46. The minimum atomic E-state index is 0.0143. The Hall–Kier alpha value is -1.18. The van der Waals surface area contributed by atoms with E-state index in [1.165, 1.54) is 77.0 Å². The highest BCUT2D eigenvalue weighted by Crippen LogP contribution is 2.23. The van der Waals surface area contributed by atoms with Gasteiger partial charge in [-0.1, -0.05) is 90.9 Å². The molecule has 0 bridgehead atoms. The van der Waals surface area contributed by atoms with E-state index >= 15 is 0 Å². The summed E-state index contributed by atoms with van der Waals surface area (Å²) in [6, 6.07) is 0. The van der Waals surface area contributed by atoms with Gasteiger partial charge in [0.05, 0.1) is 0 Å². The van der Waals surface area contributed by atoms with Crippen LogP contribution in [-0.4, -0.2) is 11.6 Å². The van der Waals surface area contributed by atoms with Crippen molar-refractivity contribution in [1.82, 2.24) is 0 Å². The molecule has 0 N–H and O–H groups in total. The molecule has 1 aliphatic rings. The smallest absolute Gasteiger partial charge is 0.185 e. The number of hydrogen-bond donors (Lipinski definition) is 0. The van der Waals surface area contributed by atoms with Crippen LogP contribution in [0.15, 0.2) is 23.3 Å². The molecule has 1 aliphatic carbocycles. The van der Waals surface area contributed by atoms with E-state index in [-0.39, 0.29) is 11.6 Å². The maximum absolute atomic E-state index is 12.6. The molecule has 0 aromatic heterocycles. The first-order valence-electron chi connectivity index (χ1n) is 11.2. The monoisotopic (exact) mass is 360 g/mol. The van der Waals surface area contributed by atoms with Gasteiger partial charge in [0.15, 0.2) is 11.6 Å². The van der Waals surface area contributed by atoms with Crippen molar-refractivity contribution >= 4 is 11.6 Å². The maximum atomic E-state index is 12.6. The largest absolute Gasteiger partial charge is 0.290 e. The number of hydrogen-bond acceptors (Lipinski definition) is 2. The SMILES string of the molecule is CCCCCCCCCC1=CC(=O)C=C(CCCCCCCCC)C1=O. The van der Waals surface area contributed by atoms with E-state index in [0.29, 0.717) is 0 Å². The second-order valence-electron chi connectivity index (χ2n) is 7.81. The molecule has 0 radical (unpaired) electrons. The third-order valence-corrected chi connectivity index (χ3v) is 5.32. The van der Waals surface area contributed by atoms with Gasteiger partial charge in [0.1, 0.15) is 0 Å². The van der Waals surface area contributed by atoms with Crippen molar-refractivity contribution in [2.75, 3.05) is 0 Å². The van der Waals surface area contributed by atoms with Gasteiger partial charge < -0.3 is 0 Å². The lowest BCUT2D eigenvalue weighted by Crippen LogP contribution is -2.14. The predicted octanol–water partition coefficient (Wildman–Crippen LogP) is 7.27. The van der Waals surface area contributed by atoms with Crippen LogP contribution in [0.5, 0.6) is 0 Å². The van der Waals surface area contributed by atoms with Crippen LogP contribution < -0.4 is 0 Å². The predicted molar refractivity (Wildman–Crippen MR) is 111 cm³/mol. The molecule has 0 unspecified atom stereocenters. The third kappa shape index (κ3) is 10.1. The van der Waals surface area contributed by atoms with Gasteiger partial charge in [-0.2, -0.15) is 0 Å². The van der Waals surface area contributed by atoms with E-state index in [2.05, 4.69) is 13.8 Å². The summed E-state index contributed by atoms with van der Waals surface area (Å²) >= 11 is 0. The van der Waals surface area contributed by atoms with Crippen LogP contribution in [0.1, 0.15) is 117 Å². The van der Waals surface area contributed by atoms with Gasteiger partial charge in [-0.05, 0) is 37.8 Å². The molecule has 0 spiro atoms. The Bertz CT molecular complexity index is 431. The van der Waals surface area contributed by atoms with Gasteiger partial charge in [0, 0.05) is 11.1 Å². The standard InChI is InChI=1S/C24H40O2/c1-3-5-7-9-11-13-15-17-21-19-23(25)20-22(24(21)26)18-16-14-12-10-8-6-4-2/h19-20H,3-18H2,1-2H3. The number of rotatable bonds is 16. The Morgan fingerprint density at radius 2 is 0.885 bits per heavy atom. The summed E-state index contributed by atoms with van der Waals surface area (Å²) in [6.07, 6.45) is 22.0. The molecular weight excluding hydrogens is 320 g/mol. The summed E-state index contributed by atoms with van der Waals surface area (Å²) in [5, 5.41) is 0. The van der Waals surface area contributed by atoms with Crippen molar-refractivity contribution in [3.63, 3.8) is 0 Å². The molecule has 2 heteroatoms. The van der Waals surface area contributed by atoms with E-state index in [1.807, 2.05) is 0 Å². The minimum absolute atomic E-state index is 0.0143. The molecule has 0 atom stereocenters. The highest BCUT2D eigenvalue weighted by atomic mass is 16.1. The molecule has 26 heavy (non-hydrogen) atoms. The van der Waals surface area contributed by atoms with Gasteiger partial charge in [-0.15, -0.1) is 0 Å². The van der Waals surface area contributed by atoms with Crippen molar-refractivity contribution in [3.05, 3.63) is 23.3 Å². The molecule has 0 aromatic rings. The summed E-state index contributed by atoms with van der Waals surface area (Å²) in [5.74, 6) is 0.155. The van der Waals surface area contributed by atoms with E-state index in [0.717, 1.165) is 36.8 Å². The van der Waals surface area contributed by atoms with Crippen molar-refractivity contribution in [2.45, 2.75) is 117 Å². The van der Waals surface area contributed by atoms with Crippen LogP contribution in [0.3, 0.4) is 0 Å². The molecule has 1 rings (SSSR count). The highest BCUT2D eigenvalue weighted by molar-refractivity contribution is 6.20. The first-order valence-corrected chi connectivity index (χ1v) is 11.2. The van der Waals surface area contributed by atoms with Crippen LogP contribution in [0, 0.1) is 0 Å². The van der Waals surface area contributed by atoms with E-state index in [4.69, 9.17) is 0 Å². The summed E-state index contributed by atoms with van der Waals surface area (Å²) in [7, 11) is 0. The average molecular weight is 361 g/mol. The lowest BCUT2D eigenvalue weighted by atomic mass is 9.89. The maximum Gasteiger partial charge on any atom is 0.185 e. The zero-order chi connectivity index (χ0) is 19.0. The quantitative estimate of drug-likeness (QED) is 0.214. The molecular formula is C24H40O2. The summed E-state index contributed by atoms with van der Waals surface area (Å²) < 4.78 is 0. The van der Waals surface area contributed by atoms with Crippen LogP contribution in [0.2, 0.25) is 0 Å². The number of carbonyl (C=O) groups is 2.